The van der Waals surface area contributed by atoms with Crippen molar-refractivity contribution in [2.45, 2.75) is 26.7 Å². The molecule has 0 saturated heterocycles. The maximum Gasteiger partial charge on any atom is 0.224 e. The van der Waals surface area contributed by atoms with Gasteiger partial charge >= 0.3 is 0 Å². The zero-order valence-corrected chi connectivity index (χ0v) is 14.0. The van der Waals surface area contributed by atoms with Gasteiger partial charge in [-0.15, -0.1) is 0 Å². The summed E-state index contributed by atoms with van der Waals surface area (Å²) in [5, 5.41) is 2.82. The minimum Gasteiger partial charge on any atom is -0.494 e. The van der Waals surface area contributed by atoms with Gasteiger partial charge in [-0.2, -0.15) is 0 Å². The number of ether oxygens (including phenoxy) is 2. The highest BCUT2D eigenvalue weighted by molar-refractivity contribution is 5.92. The van der Waals surface area contributed by atoms with Crippen LogP contribution in [0.3, 0.4) is 0 Å². The molecule has 1 N–H and O–H groups in total. The Balaban J connectivity index is 2.04. The minimum atomic E-state index is -0.293. The number of carbonyl (C=O) groups excluding carboxylic acids is 1. The molecule has 0 atom stereocenters. The molecule has 24 heavy (non-hydrogen) atoms. The van der Waals surface area contributed by atoms with Crippen molar-refractivity contribution >= 4 is 11.6 Å². The summed E-state index contributed by atoms with van der Waals surface area (Å²) in [6.07, 6.45) is 0.527. The van der Waals surface area contributed by atoms with Crippen LogP contribution in [0.4, 0.5) is 10.1 Å². The number of amides is 1. The average molecular weight is 331 g/mol. The van der Waals surface area contributed by atoms with Gasteiger partial charge in [0.15, 0.2) is 0 Å². The van der Waals surface area contributed by atoms with Crippen molar-refractivity contribution in [1.29, 1.82) is 0 Å². The SMILES string of the molecule is CCOc1ccc(OCC)c(NC(=O)CCc2ccccc2F)c1. The largest absolute Gasteiger partial charge is 0.494 e. The summed E-state index contributed by atoms with van der Waals surface area (Å²) < 4.78 is 24.6. The highest BCUT2D eigenvalue weighted by atomic mass is 19.1. The fourth-order valence-electron chi connectivity index (χ4n) is 2.31. The molecule has 0 heterocycles. The smallest absolute Gasteiger partial charge is 0.224 e. The lowest BCUT2D eigenvalue weighted by Crippen LogP contribution is -2.14. The molecule has 0 unspecified atom stereocenters. The zero-order chi connectivity index (χ0) is 17.4. The van der Waals surface area contributed by atoms with Crippen LogP contribution in [0.15, 0.2) is 42.5 Å². The molecule has 5 heteroatoms. The number of halogens is 1. The summed E-state index contributed by atoms with van der Waals surface area (Å²) in [5.41, 5.74) is 1.09. The molecule has 0 aliphatic heterocycles. The molecule has 0 aliphatic carbocycles. The molecule has 2 rings (SSSR count). The third-order valence-electron chi connectivity index (χ3n) is 3.42. The highest BCUT2D eigenvalue weighted by Crippen LogP contribution is 2.29. The van der Waals surface area contributed by atoms with E-state index in [1.165, 1.54) is 6.07 Å². The summed E-state index contributed by atoms with van der Waals surface area (Å²) in [7, 11) is 0. The van der Waals surface area contributed by atoms with E-state index < -0.39 is 0 Å². The van der Waals surface area contributed by atoms with E-state index in [-0.39, 0.29) is 18.1 Å². The van der Waals surface area contributed by atoms with Gasteiger partial charge in [-0.3, -0.25) is 4.79 Å². The number of aryl methyl sites for hydroxylation is 1. The lowest BCUT2D eigenvalue weighted by atomic mass is 10.1. The van der Waals surface area contributed by atoms with E-state index in [0.29, 0.717) is 42.4 Å². The topological polar surface area (TPSA) is 47.6 Å². The standard InChI is InChI=1S/C19H22FNO3/c1-3-23-15-10-11-18(24-4-2)17(13-15)21-19(22)12-9-14-7-5-6-8-16(14)20/h5-8,10-11,13H,3-4,9,12H2,1-2H3,(H,21,22). The van der Waals surface area contributed by atoms with Gasteiger partial charge in [0.2, 0.25) is 5.91 Å². The van der Waals surface area contributed by atoms with Gasteiger partial charge in [0.05, 0.1) is 18.9 Å². The van der Waals surface area contributed by atoms with Crippen LogP contribution in [0.25, 0.3) is 0 Å². The fourth-order valence-corrected chi connectivity index (χ4v) is 2.31. The van der Waals surface area contributed by atoms with Crippen molar-refractivity contribution in [3.63, 3.8) is 0 Å². The van der Waals surface area contributed by atoms with Crippen molar-refractivity contribution in [2.75, 3.05) is 18.5 Å². The van der Waals surface area contributed by atoms with E-state index in [1.807, 2.05) is 13.8 Å². The lowest BCUT2D eigenvalue weighted by molar-refractivity contribution is -0.116. The molecule has 0 saturated carbocycles. The van der Waals surface area contributed by atoms with Crippen LogP contribution in [0.2, 0.25) is 0 Å². The van der Waals surface area contributed by atoms with Crippen LogP contribution in [0, 0.1) is 5.82 Å². The number of anilines is 1. The summed E-state index contributed by atoms with van der Waals surface area (Å²) in [4.78, 5) is 12.2. The number of carbonyl (C=O) groups is 1. The summed E-state index contributed by atoms with van der Waals surface area (Å²) in [6, 6.07) is 11.8. The summed E-state index contributed by atoms with van der Waals surface area (Å²) in [5.74, 6) is 0.747. The second-order valence-electron chi connectivity index (χ2n) is 5.16. The molecular weight excluding hydrogens is 309 g/mol. The molecule has 4 nitrogen and oxygen atoms in total. The summed E-state index contributed by atoms with van der Waals surface area (Å²) >= 11 is 0. The molecule has 2 aromatic rings. The van der Waals surface area contributed by atoms with E-state index >= 15 is 0 Å². The highest BCUT2D eigenvalue weighted by Gasteiger charge is 2.11. The molecule has 128 valence electrons. The van der Waals surface area contributed by atoms with Gasteiger partial charge in [-0.25, -0.2) is 4.39 Å². The Morgan fingerprint density at radius 1 is 1.08 bits per heavy atom. The van der Waals surface area contributed by atoms with E-state index in [9.17, 15) is 9.18 Å². The fraction of sp³-hybridized carbons (Fsp3) is 0.316. The van der Waals surface area contributed by atoms with E-state index in [0.717, 1.165) is 0 Å². The molecule has 0 fully saturated rings. The van der Waals surface area contributed by atoms with Gasteiger partial charge in [0.25, 0.3) is 0 Å². The second-order valence-corrected chi connectivity index (χ2v) is 5.16. The van der Waals surface area contributed by atoms with Gasteiger partial charge in [0, 0.05) is 12.5 Å². The van der Waals surface area contributed by atoms with E-state index in [4.69, 9.17) is 9.47 Å². The van der Waals surface area contributed by atoms with Crippen molar-refractivity contribution in [3.05, 3.63) is 53.8 Å². The van der Waals surface area contributed by atoms with Crippen molar-refractivity contribution in [2.24, 2.45) is 0 Å². The Morgan fingerprint density at radius 2 is 1.83 bits per heavy atom. The number of hydrogen-bond donors (Lipinski definition) is 1. The van der Waals surface area contributed by atoms with Crippen LogP contribution in [-0.4, -0.2) is 19.1 Å². The monoisotopic (exact) mass is 331 g/mol. The average Bonchev–Trinajstić information content (AvgIpc) is 2.57. The van der Waals surface area contributed by atoms with Crippen LogP contribution in [-0.2, 0) is 11.2 Å². The molecule has 0 radical (unpaired) electrons. The van der Waals surface area contributed by atoms with Crippen LogP contribution in [0.5, 0.6) is 11.5 Å². The molecule has 2 aromatic carbocycles. The van der Waals surface area contributed by atoms with E-state index in [1.54, 1.807) is 36.4 Å². The molecular formula is C19H22FNO3. The first kappa shape index (κ1) is 17.8. The van der Waals surface area contributed by atoms with Gasteiger partial charge < -0.3 is 14.8 Å². The van der Waals surface area contributed by atoms with Crippen LogP contribution in [0.1, 0.15) is 25.8 Å². The predicted octanol–water partition coefficient (Wildman–Crippen LogP) is 4.19. The van der Waals surface area contributed by atoms with Gasteiger partial charge in [-0.1, -0.05) is 18.2 Å². The number of benzene rings is 2. The molecule has 0 aromatic heterocycles. The first-order valence-electron chi connectivity index (χ1n) is 8.07. The zero-order valence-electron chi connectivity index (χ0n) is 14.0. The van der Waals surface area contributed by atoms with Crippen molar-refractivity contribution in [3.8, 4) is 11.5 Å². The number of nitrogens with one attached hydrogen (secondary N) is 1. The Kier molecular flexibility index (Phi) is 6.61. The first-order chi connectivity index (χ1) is 11.6. The molecule has 0 aliphatic rings. The Labute approximate surface area is 141 Å². The van der Waals surface area contributed by atoms with E-state index in [2.05, 4.69) is 5.32 Å². The third-order valence-corrected chi connectivity index (χ3v) is 3.42. The minimum absolute atomic E-state index is 0.186. The molecule has 0 spiro atoms. The number of rotatable bonds is 8. The molecule has 1 amide bonds. The maximum atomic E-state index is 13.6. The lowest BCUT2D eigenvalue weighted by Gasteiger charge is -2.13. The Hall–Kier alpha value is -2.56. The van der Waals surface area contributed by atoms with Crippen molar-refractivity contribution in [1.82, 2.24) is 0 Å². The molecule has 0 bridgehead atoms. The predicted molar refractivity (Wildman–Crippen MR) is 92.1 cm³/mol. The van der Waals surface area contributed by atoms with Gasteiger partial charge in [-0.05, 0) is 44.0 Å². The second kappa shape index (κ2) is 8.91. The normalized spacial score (nSPS) is 10.3. The van der Waals surface area contributed by atoms with Gasteiger partial charge in [0.1, 0.15) is 17.3 Å². The number of hydrogen-bond acceptors (Lipinski definition) is 3. The van der Waals surface area contributed by atoms with Crippen LogP contribution < -0.4 is 14.8 Å². The van der Waals surface area contributed by atoms with Crippen molar-refractivity contribution < 1.29 is 18.7 Å². The first-order valence-corrected chi connectivity index (χ1v) is 8.07. The maximum absolute atomic E-state index is 13.6. The van der Waals surface area contributed by atoms with Crippen LogP contribution >= 0.6 is 0 Å². The third kappa shape index (κ3) is 4.98. The Bertz CT molecular complexity index is 688. The quantitative estimate of drug-likeness (QED) is 0.789. The Morgan fingerprint density at radius 3 is 2.54 bits per heavy atom. The summed E-state index contributed by atoms with van der Waals surface area (Å²) in [6.45, 7) is 4.80.